The first kappa shape index (κ1) is 30.5. The molecule has 6 rings (SSSR count). The number of rotatable bonds is 12. The maximum absolute atomic E-state index is 7.64. The summed E-state index contributed by atoms with van der Waals surface area (Å²) in [6, 6.07) is 65.3. The van der Waals surface area contributed by atoms with Gasteiger partial charge in [0, 0.05) is 13.2 Å². The molecule has 45 heavy (non-hydrogen) atoms. The van der Waals surface area contributed by atoms with Crippen molar-refractivity contribution in [3.63, 3.8) is 0 Å². The molecule has 0 atom stereocenters. The van der Waals surface area contributed by atoms with E-state index in [0.717, 1.165) is 33.4 Å². The molecule has 0 amide bonds. The van der Waals surface area contributed by atoms with Crippen molar-refractivity contribution < 1.29 is 8.85 Å². The molecule has 6 aromatic carbocycles. The fraction of sp³-hybridized carbons (Fsp3) is 0.143. The van der Waals surface area contributed by atoms with Crippen LogP contribution in [-0.4, -0.2) is 21.8 Å². The van der Waals surface area contributed by atoms with Crippen LogP contribution in [0, 0.1) is 0 Å². The maximum atomic E-state index is 7.64. The first-order valence-corrected chi connectivity index (χ1v) is 17.7. The summed E-state index contributed by atoms with van der Waals surface area (Å²) in [7, 11) is -3.80. The van der Waals surface area contributed by atoms with Gasteiger partial charge < -0.3 is 8.85 Å². The van der Waals surface area contributed by atoms with Crippen LogP contribution in [0.15, 0.2) is 182 Å². The second kappa shape index (κ2) is 13.6. The van der Waals surface area contributed by atoms with Crippen molar-refractivity contribution >= 4 is 8.56 Å². The van der Waals surface area contributed by atoms with Crippen molar-refractivity contribution in [2.24, 2.45) is 0 Å². The van der Waals surface area contributed by atoms with Crippen LogP contribution in [0.25, 0.3) is 0 Å². The number of hydrogen-bond acceptors (Lipinski definition) is 2. The molecule has 0 aliphatic rings. The van der Waals surface area contributed by atoms with Gasteiger partial charge in [0.05, 0.1) is 10.1 Å². The van der Waals surface area contributed by atoms with Gasteiger partial charge in [-0.05, 0) is 47.2 Å². The van der Waals surface area contributed by atoms with Gasteiger partial charge in [0.25, 0.3) is 0 Å². The average molecular weight is 605 g/mol. The highest BCUT2D eigenvalue weighted by molar-refractivity contribution is 6.77. The molecule has 0 N–H and O–H groups in total. The summed E-state index contributed by atoms with van der Waals surface area (Å²) in [4.78, 5) is 0. The summed E-state index contributed by atoms with van der Waals surface area (Å²) in [5, 5.41) is -1.63. The van der Waals surface area contributed by atoms with Crippen LogP contribution in [0.3, 0.4) is 0 Å². The van der Waals surface area contributed by atoms with Crippen molar-refractivity contribution in [2.45, 2.75) is 23.9 Å². The molecular weight excluding hydrogens is 565 g/mol. The Kier molecular flexibility index (Phi) is 9.23. The Morgan fingerprint density at radius 2 is 0.511 bits per heavy atom. The molecule has 0 saturated carbocycles. The van der Waals surface area contributed by atoms with Crippen LogP contribution in [0.5, 0.6) is 0 Å². The van der Waals surface area contributed by atoms with Gasteiger partial charge in [-0.25, -0.2) is 0 Å². The Bertz CT molecular complexity index is 1420. The molecule has 2 nitrogen and oxygen atoms in total. The molecule has 6 aromatic rings. The van der Waals surface area contributed by atoms with Gasteiger partial charge in [-0.2, -0.15) is 0 Å². The Morgan fingerprint density at radius 3 is 0.667 bits per heavy atom. The molecule has 0 unspecified atom stereocenters. The highest BCUT2D eigenvalue weighted by Crippen LogP contribution is 2.59. The minimum atomic E-state index is -3.80. The van der Waals surface area contributed by atoms with E-state index in [1.165, 1.54) is 0 Å². The van der Waals surface area contributed by atoms with Crippen LogP contribution < -0.4 is 0 Å². The van der Waals surface area contributed by atoms with Gasteiger partial charge in [0.1, 0.15) is 0 Å². The van der Waals surface area contributed by atoms with Crippen molar-refractivity contribution in [1.29, 1.82) is 0 Å². The molecular formula is C42H40O2Si. The smallest absolute Gasteiger partial charge is 0.378 e. The lowest BCUT2D eigenvalue weighted by Crippen LogP contribution is -2.74. The van der Waals surface area contributed by atoms with E-state index in [9.17, 15) is 0 Å². The van der Waals surface area contributed by atoms with Gasteiger partial charge >= 0.3 is 8.56 Å². The second-order valence-corrected chi connectivity index (χ2v) is 14.5. The molecule has 224 valence electrons. The predicted octanol–water partition coefficient (Wildman–Crippen LogP) is 9.65. The fourth-order valence-electron chi connectivity index (χ4n) is 7.43. The van der Waals surface area contributed by atoms with Crippen LogP contribution in [-0.2, 0) is 18.9 Å². The van der Waals surface area contributed by atoms with E-state index in [-0.39, 0.29) is 0 Å². The monoisotopic (exact) mass is 604 g/mol. The molecule has 0 aromatic heterocycles. The van der Waals surface area contributed by atoms with E-state index in [1.807, 2.05) is 0 Å². The molecule has 0 saturated heterocycles. The van der Waals surface area contributed by atoms with Gasteiger partial charge in [-0.1, -0.05) is 182 Å². The third-order valence-corrected chi connectivity index (χ3v) is 14.0. The zero-order chi connectivity index (χ0) is 31.0. The second-order valence-electron chi connectivity index (χ2n) is 11.2. The fourth-order valence-corrected chi connectivity index (χ4v) is 13.0. The molecule has 0 heterocycles. The van der Waals surface area contributed by atoms with Crippen LogP contribution >= 0.6 is 0 Å². The maximum Gasteiger partial charge on any atom is 0.378 e. The number of hydrogen-bond donors (Lipinski definition) is 0. The van der Waals surface area contributed by atoms with Crippen LogP contribution in [0.4, 0.5) is 0 Å². The average Bonchev–Trinajstić information content (AvgIpc) is 3.12. The molecule has 0 fully saturated rings. The van der Waals surface area contributed by atoms with E-state index in [4.69, 9.17) is 8.85 Å². The largest absolute Gasteiger partial charge is 0.393 e. The van der Waals surface area contributed by atoms with E-state index < -0.39 is 18.6 Å². The van der Waals surface area contributed by atoms with E-state index in [2.05, 4.69) is 196 Å². The Labute approximate surface area is 269 Å². The first-order chi connectivity index (χ1) is 22.3. The lowest BCUT2D eigenvalue weighted by molar-refractivity contribution is 0.149. The van der Waals surface area contributed by atoms with Gasteiger partial charge in [0.15, 0.2) is 0 Å². The van der Waals surface area contributed by atoms with Crippen molar-refractivity contribution in [3.05, 3.63) is 215 Å². The molecule has 0 aliphatic carbocycles. The molecule has 0 spiro atoms. The topological polar surface area (TPSA) is 18.5 Å². The Hall–Kier alpha value is -4.54. The summed E-state index contributed by atoms with van der Waals surface area (Å²) in [6.45, 7) is 5.18. The van der Waals surface area contributed by atoms with Gasteiger partial charge in [-0.15, -0.1) is 0 Å². The normalized spacial score (nSPS) is 12.1. The summed E-state index contributed by atoms with van der Waals surface area (Å²) in [6.07, 6.45) is 0. The lowest BCUT2D eigenvalue weighted by Gasteiger charge is -2.57. The number of benzene rings is 6. The molecule has 3 heteroatoms. The Morgan fingerprint density at radius 1 is 0.333 bits per heavy atom. The third-order valence-electron chi connectivity index (χ3n) is 8.92. The molecule has 0 aliphatic heterocycles. The van der Waals surface area contributed by atoms with E-state index >= 15 is 0 Å². The van der Waals surface area contributed by atoms with Crippen LogP contribution in [0.1, 0.15) is 47.2 Å². The van der Waals surface area contributed by atoms with Crippen molar-refractivity contribution in [3.8, 4) is 0 Å². The first-order valence-electron chi connectivity index (χ1n) is 15.9. The molecule has 0 bridgehead atoms. The van der Waals surface area contributed by atoms with Crippen molar-refractivity contribution in [2.75, 3.05) is 13.2 Å². The Balaban J connectivity index is 1.95. The lowest BCUT2D eigenvalue weighted by atomic mass is 9.82. The highest BCUT2D eigenvalue weighted by atomic mass is 28.4. The SMILES string of the molecule is CCO[Si](OCC)(C(c1ccccc1)(c1ccccc1)c1ccccc1)C(c1ccccc1)(c1ccccc1)c1ccccc1. The zero-order valence-electron chi connectivity index (χ0n) is 26.1. The van der Waals surface area contributed by atoms with Gasteiger partial charge in [0.2, 0.25) is 0 Å². The summed E-state index contributed by atoms with van der Waals surface area (Å²) >= 11 is 0. The van der Waals surface area contributed by atoms with E-state index in [0.29, 0.717) is 13.2 Å². The minimum absolute atomic E-state index is 0.481. The molecule has 0 radical (unpaired) electrons. The minimum Gasteiger partial charge on any atom is -0.393 e. The third kappa shape index (κ3) is 4.98. The summed E-state index contributed by atoms with van der Waals surface area (Å²) in [5.41, 5.74) is 6.85. The van der Waals surface area contributed by atoms with Gasteiger partial charge in [-0.3, -0.25) is 0 Å². The standard InChI is InChI=1S/C42H40O2Si/c1-3-43-45(44-4-2,41(35-23-11-5-12-24-35,36-25-13-6-14-26-36)37-27-15-7-16-28-37)42(38-29-17-8-18-30-38,39-31-19-9-20-32-39)40-33-21-10-22-34-40/h5-34H,3-4H2,1-2H3. The van der Waals surface area contributed by atoms with Crippen molar-refractivity contribution in [1.82, 2.24) is 0 Å². The quantitative estimate of drug-likeness (QED) is 0.102. The summed E-state index contributed by atoms with van der Waals surface area (Å²) < 4.78 is 15.3. The summed E-state index contributed by atoms with van der Waals surface area (Å²) in [5.74, 6) is 0. The zero-order valence-corrected chi connectivity index (χ0v) is 27.1. The highest BCUT2D eigenvalue weighted by Gasteiger charge is 2.73. The van der Waals surface area contributed by atoms with Crippen LogP contribution in [0.2, 0.25) is 0 Å². The predicted molar refractivity (Wildman–Crippen MR) is 187 cm³/mol. The van der Waals surface area contributed by atoms with E-state index in [1.54, 1.807) is 0 Å².